The fraction of sp³-hybridized carbons (Fsp3) is 0.500. The van der Waals surface area contributed by atoms with Crippen molar-refractivity contribution in [2.75, 3.05) is 25.0 Å². The smallest absolute Gasteiger partial charge is 0.321 e. The second-order valence-electron chi connectivity index (χ2n) is 7.27. The van der Waals surface area contributed by atoms with Gasteiger partial charge in [-0.15, -0.1) is 0 Å². The lowest BCUT2D eigenvalue weighted by molar-refractivity contribution is -0.146. The molecule has 7 nitrogen and oxygen atoms in total. The average Bonchev–Trinajstić information content (AvgIpc) is 2.97. The van der Waals surface area contributed by atoms with Crippen molar-refractivity contribution in [1.82, 2.24) is 10.2 Å². The van der Waals surface area contributed by atoms with E-state index in [4.69, 9.17) is 11.6 Å². The normalized spacial score (nSPS) is 19.5. The van der Waals surface area contributed by atoms with Crippen LogP contribution in [0.4, 0.5) is 10.5 Å². The van der Waals surface area contributed by atoms with Gasteiger partial charge >= 0.3 is 12.0 Å². The van der Waals surface area contributed by atoms with Crippen molar-refractivity contribution in [3.63, 3.8) is 0 Å². The van der Waals surface area contributed by atoms with E-state index in [2.05, 4.69) is 10.6 Å². The molecule has 1 aliphatic rings. The van der Waals surface area contributed by atoms with E-state index in [1.807, 2.05) is 13.8 Å². The molecule has 1 saturated heterocycles. The van der Waals surface area contributed by atoms with Crippen LogP contribution < -0.4 is 10.6 Å². The van der Waals surface area contributed by atoms with Crippen molar-refractivity contribution in [1.29, 1.82) is 0 Å². The predicted octanol–water partition coefficient (Wildman–Crippen LogP) is 3.05. The first-order valence-electron chi connectivity index (χ1n) is 8.49. The molecule has 0 aromatic heterocycles. The first-order chi connectivity index (χ1) is 12.1. The minimum atomic E-state index is -0.923. The fourth-order valence-corrected chi connectivity index (χ4v) is 2.95. The third kappa shape index (κ3) is 4.66. The number of aliphatic carboxylic acids is 1. The van der Waals surface area contributed by atoms with E-state index in [1.165, 1.54) is 11.0 Å². The molecule has 3 N–H and O–H groups in total. The zero-order valence-electron chi connectivity index (χ0n) is 15.1. The Labute approximate surface area is 157 Å². The summed E-state index contributed by atoms with van der Waals surface area (Å²) < 4.78 is 0. The summed E-state index contributed by atoms with van der Waals surface area (Å²) in [4.78, 5) is 37.2. The Bertz CT molecular complexity index is 722. The van der Waals surface area contributed by atoms with Gasteiger partial charge < -0.3 is 20.6 Å². The van der Waals surface area contributed by atoms with Crippen LogP contribution in [0.3, 0.4) is 0 Å². The van der Waals surface area contributed by atoms with E-state index in [-0.39, 0.29) is 23.5 Å². The van der Waals surface area contributed by atoms with Crippen LogP contribution in [-0.2, 0) is 4.79 Å². The van der Waals surface area contributed by atoms with Gasteiger partial charge in [-0.3, -0.25) is 9.59 Å². The Balaban J connectivity index is 2.00. The van der Waals surface area contributed by atoms with Crippen LogP contribution in [0.15, 0.2) is 18.2 Å². The SMILES string of the molecule is CC(C)CNC(=O)c1ccc(NC(=O)N2CCC(C)(C(=O)O)C2)cc1Cl. The third-order valence-corrected chi connectivity index (χ3v) is 4.73. The second kappa shape index (κ2) is 7.95. The predicted molar refractivity (Wildman–Crippen MR) is 99.6 cm³/mol. The number of urea groups is 1. The van der Waals surface area contributed by atoms with Crippen LogP contribution in [0.1, 0.15) is 37.6 Å². The van der Waals surface area contributed by atoms with Crippen molar-refractivity contribution in [3.05, 3.63) is 28.8 Å². The van der Waals surface area contributed by atoms with Gasteiger partial charge in [0.1, 0.15) is 0 Å². The van der Waals surface area contributed by atoms with E-state index in [1.54, 1.807) is 19.1 Å². The molecule has 26 heavy (non-hydrogen) atoms. The molecule has 1 unspecified atom stereocenters. The van der Waals surface area contributed by atoms with Gasteiger partial charge in [-0.2, -0.15) is 0 Å². The van der Waals surface area contributed by atoms with E-state index in [0.717, 1.165) is 0 Å². The van der Waals surface area contributed by atoms with Crippen molar-refractivity contribution >= 4 is 35.2 Å². The van der Waals surface area contributed by atoms with Crippen molar-refractivity contribution in [2.45, 2.75) is 27.2 Å². The van der Waals surface area contributed by atoms with Crippen LogP contribution in [-0.4, -0.2) is 47.5 Å². The number of amides is 3. The number of likely N-dealkylation sites (tertiary alicyclic amines) is 1. The zero-order valence-corrected chi connectivity index (χ0v) is 15.9. The van der Waals surface area contributed by atoms with Gasteiger partial charge in [0.2, 0.25) is 0 Å². The molecule has 1 heterocycles. The number of carbonyl (C=O) groups excluding carboxylic acids is 2. The van der Waals surface area contributed by atoms with Crippen LogP contribution in [0.25, 0.3) is 0 Å². The first-order valence-corrected chi connectivity index (χ1v) is 8.87. The molecule has 0 aliphatic carbocycles. The Morgan fingerprint density at radius 1 is 1.35 bits per heavy atom. The van der Waals surface area contributed by atoms with Crippen molar-refractivity contribution in [3.8, 4) is 0 Å². The summed E-state index contributed by atoms with van der Waals surface area (Å²) in [5, 5.41) is 15.0. The molecule has 8 heteroatoms. The monoisotopic (exact) mass is 381 g/mol. The topological polar surface area (TPSA) is 98.7 Å². The molecule has 1 fully saturated rings. The van der Waals surface area contributed by atoms with E-state index in [9.17, 15) is 19.5 Å². The Kier molecular flexibility index (Phi) is 6.13. The van der Waals surface area contributed by atoms with Gasteiger partial charge in [-0.05, 0) is 37.5 Å². The maximum atomic E-state index is 12.3. The summed E-state index contributed by atoms with van der Waals surface area (Å²) in [6.07, 6.45) is 0.408. The highest BCUT2D eigenvalue weighted by Gasteiger charge is 2.42. The zero-order chi connectivity index (χ0) is 19.5. The molecule has 1 atom stereocenters. The number of benzene rings is 1. The summed E-state index contributed by atoms with van der Waals surface area (Å²) in [7, 11) is 0. The molecule has 0 bridgehead atoms. The summed E-state index contributed by atoms with van der Waals surface area (Å²) in [5.41, 5.74) is -0.137. The molecule has 1 aromatic carbocycles. The van der Waals surface area contributed by atoms with Crippen LogP contribution in [0.5, 0.6) is 0 Å². The minimum Gasteiger partial charge on any atom is -0.481 e. The highest BCUT2D eigenvalue weighted by atomic mass is 35.5. The number of hydrogen-bond donors (Lipinski definition) is 3. The minimum absolute atomic E-state index is 0.150. The number of rotatable bonds is 5. The van der Waals surface area contributed by atoms with Gasteiger partial charge in [-0.25, -0.2) is 4.79 Å². The quantitative estimate of drug-likeness (QED) is 0.729. The van der Waals surface area contributed by atoms with Gasteiger partial charge in [0.25, 0.3) is 5.91 Å². The van der Waals surface area contributed by atoms with E-state index in [0.29, 0.717) is 36.7 Å². The van der Waals surface area contributed by atoms with Gasteiger partial charge in [-0.1, -0.05) is 25.4 Å². The Morgan fingerprint density at radius 2 is 2.04 bits per heavy atom. The summed E-state index contributed by atoms with van der Waals surface area (Å²) >= 11 is 6.17. The van der Waals surface area contributed by atoms with Gasteiger partial charge in [0.05, 0.1) is 16.0 Å². The van der Waals surface area contributed by atoms with Gasteiger partial charge in [0.15, 0.2) is 0 Å². The van der Waals surface area contributed by atoms with Crippen molar-refractivity contribution < 1.29 is 19.5 Å². The van der Waals surface area contributed by atoms with E-state index < -0.39 is 11.4 Å². The summed E-state index contributed by atoms with van der Waals surface area (Å²) in [6.45, 7) is 6.69. The molecule has 1 aromatic rings. The lowest BCUT2D eigenvalue weighted by atomic mass is 9.90. The number of halogens is 1. The average molecular weight is 382 g/mol. The Morgan fingerprint density at radius 3 is 2.58 bits per heavy atom. The van der Waals surface area contributed by atoms with Crippen LogP contribution >= 0.6 is 11.6 Å². The second-order valence-corrected chi connectivity index (χ2v) is 7.67. The van der Waals surface area contributed by atoms with Crippen LogP contribution in [0, 0.1) is 11.3 Å². The summed E-state index contributed by atoms with van der Waals surface area (Å²) in [5.74, 6) is -0.848. The molecular weight excluding hydrogens is 358 g/mol. The molecule has 3 amide bonds. The number of carbonyl (C=O) groups is 3. The maximum absolute atomic E-state index is 12.3. The number of nitrogens with one attached hydrogen (secondary N) is 2. The highest BCUT2D eigenvalue weighted by Crippen LogP contribution is 2.30. The third-order valence-electron chi connectivity index (χ3n) is 4.41. The number of anilines is 1. The molecule has 2 rings (SSSR count). The molecule has 0 spiro atoms. The van der Waals surface area contributed by atoms with E-state index >= 15 is 0 Å². The number of carboxylic acids is 1. The first kappa shape index (κ1) is 20.0. The van der Waals surface area contributed by atoms with Gasteiger partial charge in [0, 0.05) is 25.3 Å². The standard InChI is InChI=1S/C18H24ClN3O4/c1-11(2)9-20-15(23)13-5-4-12(8-14(13)19)21-17(26)22-7-6-18(3,10-22)16(24)25/h4-5,8,11H,6-7,9-10H2,1-3H3,(H,20,23)(H,21,26)(H,24,25). The molecular formula is C18H24ClN3O4. The largest absolute Gasteiger partial charge is 0.481 e. The molecule has 1 aliphatic heterocycles. The number of nitrogens with zero attached hydrogens (tertiary/aromatic N) is 1. The Hall–Kier alpha value is -2.28. The lowest BCUT2D eigenvalue weighted by Crippen LogP contribution is -2.37. The number of carboxylic acid groups (broad SMARTS) is 1. The van der Waals surface area contributed by atoms with Crippen LogP contribution in [0.2, 0.25) is 5.02 Å². The molecule has 142 valence electrons. The lowest BCUT2D eigenvalue weighted by Gasteiger charge is -2.20. The van der Waals surface area contributed by atoms with Crippen molar-refractivity contribution in [2.24, 2.45) is 11.3 Å². The fourth-order valence-electron chi connectivity index (χ4n) is 2.68. The molecule has 0 radical (unpaired) electrons. The molecule has 0 saturated carbocycles. The summed E-state index contributed by atoms with van der Waals surface area (Å²) in [6, 6.07) is 4.28. The highest BCUT2D eigenvalue weighted by molar-refractivity contribution is 6.34. The number of hydrogen-bond acceptors (Lipinski definition) is 3. The maximum Gasteiger partial charge on any atom is 0.321 e.